The van der Waals surface area contributed by atoms with Crippen molar-refractivity contribution in [1.29, 1.82) is 0 Å². The van der Waals surface area contributed by atoms with Crippen LogP contribution in [0.5, 0.6) is 0 Å². The van der Waals surface area contributed by atoms with Crippen molar-refractivity contribution in [3.8, 4) is 0 Å². The summed E-state index contributed by atoms with van der Waals surface area (Å²) >= 11 is 0. The molecule has 3 atom stereocenters. The van der Waals surface area contributed by atoms with E-state index >= 15 is 0 Å². The van der Waals surface area contributed by atoms with Crippen LogP contribution in [-0.4, -0.2) is 18.0 Å². The molecule has 0 amide bonds. The van der Waals surface area contributed by atoms with Gasteiger partial charge in [0.15, 0.2) is 5.78 Å². The number of carbonyl (C=O) groups excluding carboxylic acids is 1. The lowest BCUT2D eigenvalue weighted by atomic mass is 9.59. The molecule has 0 N–H and O–H groups in total. The molecule has 1 saturated heterocycles. The Bertz CT molecular complexity index is 458. The molecule has 0 saturated carbocycles. The van der Waals surface area contributed by atoms with Crippen molar-refractivity contribution >= 4 is 5.78 Å². The fraction of sp³-hybridized carbons (Fsp3) is 0.750. The van der Waals surface area contributed by atoms with Crippen molar-refractivity contribution in [3.05, 3.63) is 23.2 Å². The predicted octanol–water partition coefficient (Wildman–Crippen LogP) is 3.75. The van der Waals surface area contributed by atoms with Crippen molar-refractivity contribution in [2.75, 3.05) is 0 Å². The van der Waals surface area contributed by atoms with E-state index in [0.717, 1.165) is 25.7 Å². The van der Waals surface area contributed by atoms with E-state index in [2.05, 4.69) is 18.7 Å². The van der Waals surface area contributed by atoms with Gasteiger partial charge >= 0.3 is 0 Å². The van der Waals surface area contributed by atoms with Crippen LogP contribution in [0.4, 0.5) is 0 Å². The topological polar surface area (TPSA) is 30.7 Å². The van der Waals surface area contributed by atoms with Crippen molar-refractivity contribution < 1.29 is 9.53 Å². The molecule has 0 aromatic rings. The maximum absolute atomic E-state index is 12.4. The van der Waals surface area contributed by atoms with Gasteiger partial charge in [0.2, 0.25) is 5.70 Å². The average molecular weight is 261 g/mol. The molecule has 3 nitrogen and oxygen atoms in total. The number of rotatable bonds is 2. The first-order chi connectivity index (χ1) is 8.91. The van der Waals surface area contributed by atoms with Gasteiger partial charge in [0.25, 0.3) is 0 Å². The number of Topliss-reactive ketones (excluding diaryl/α,β-unsaturated/α-hetero) is 1. The molecule has 1 heterocycles. The predicted molar refractivity (Wildman–Crippen MR) is 74.4 cm³/mol. The van der Waals surface area contributed by atoms with E-state index in [1.807, 2.05) is 19.9 Å². The van der Waals surface area contributed by atoms with Crippen LogP contribution in [0.25, 0.3) is 4.85 Å². The Morgan fingerprint density at radius 3 is 2.68 bits per heavy atom. The zero-order valence-electron chi connectivity index (χ0n) is 12.3. The van der Waals surface area contributed by atoms with Crippen LogP contribution in [-0.2, 0) is 9.53 Å². The highest BCUT2D eigenvalue weighted by atomic mass is 16.5. The number of fused-ring (bicyclic) bond motifs is 1. The first-order valence-corrected chi connectivity index (χ1v) is 7.22. The summed E-state index contributed by atoms with van der Waals surface area (Å²) in [4.78, 5) is 15.9. The minimum absolute atomic E-state index is 0.0617. The summed E-state index contributed by atoms with van der Waals surface area (Å²) in [6.07, 6.45) is 6.00. The van der Waals surface area contributed by atoms with Crippen LogP contribution in [0.2, 0.25) is 0 Å². The molecule has 1 aliphatic carbocycles. The number of hydrogen-bond donors (Lipinski definition) is 0. The van der Waals surface area contributed by atoms with E-state index in [-0.39, 0.29) is 23.4 Å². The van der Waals surface area contributed by atoms with E-state index in [9.17, 15) is 4.79 Å². The van der Waals surface area contributed by atoms with Crippen LogP contribution in [0.3, 0.4) is 0 Å². The average Bonchev–Trinajstić information content (AvgIpc) is 2.42. The zero-order valence-corrected chi connectivity index (χ0v) is 12.3. The standard InChI is InChI=1S/C16H23NO2/c1-6-11-8-9-16(7-2)10-12(17-5)13(18)15(3,4)14(16)19-11/h10-11,14H,6-9H2,1-4H3/t11-,14-,16-/m1/s1. The van der Waals surface area contributed by atoms with Gasteiger partial charge in [-0.15, -0.1) is 0 Å². The zero-order chi connectivity index (χ0) is 14.3. The lowest BCUT2D eigenvalue weighted by Gasteiger charge is -2.53. The Balaban J connectivity index is 2.50. The SMILES string of the molecule is [C-]#[N+]C1=C[C@@]2(CC)CC[C@@H](CC)O[C@@H]2C(C)(C)C1=O. The van der Waals surface area contributed by atoms with Gasteiger partial charge < -0.3 is 9.53 Å². The number of allylic oxidation sites excluding steroid dienone is 1. The highest BCUT2D eigenvalue weighted by Crippen LogP contribution is 2.53. The summed E-state index contributed by atoms with van der Waals surface area (Å²) in [6.45, 7) is 15.4. The third kappa shape index (κ3) is 2.03. The lowest BCUT2D eigenvalue weighted by Crippen LogP contribution is -2.56. The number of hydrogen-bond acceptors (Lipinski definition) is 2. The lowest BCUT2D eigenvalue weighted by molar-refractivity contribution is -0.175. The minimum atomic E-state index is -0.599. The van der Waals surface area contributed by atoms with E-state index in [1.54, 1.807) is 0 Å². The summed E-state index contributed by atoms with van der Waals surface area (Å²) in [5.74, 6) is -0.0617. The van der Waals surface area contributed by atoms with Crippen molar-refractivity contribution in [2.45, 2.75) is 65.6 Å². The van der Waals surface area contributed by atoms with Gasteiger partial charge in [0.1, 0.15) is 0 Å². The number of ketones is 1. The normalized spacial score (nSPS) is 37.2. The van der Waals surface area contributed by atoms with Crippen LogP contribution < -0.4 is 0 Å². The van der Waals surface area contributed by atoms with Crippen LogP contribution in [0.15, 0.2) is 11.8 Å². The fourth-order valence-electron chi connectivity index (χ4n) is 3.63. The minimum Gasteiger partial charge on any atom is -0.373 e. The molecule has 19 heavy (non-hydrogen) atoms. The van der Waals surface area contributed by atoms with Gasteiger partial charge in [-0.3, -0.25) is 0 Å². The summed E-state index contributed by atoms with van der Waals surface area (Å²) in [5, 5.41) is 0. The molecule has 0 unspecified atom stereocenters. The molecule has 3 heteroatoms. The Kier molecular flexibility index (Phi) is 3.57. The van der Waals surface area contributed by atoms with Crippen LogP contribution in [0, 0.1) is 17.4 Å². The molecule has 0 spiro atoms. The van der Waals surface area contributed by atoms with Gasteiger partial charge in [0, 0.05) is 10.8 Å². The molecule has 0 aromatic carbocycles. The van der Waals surface area contributed by atoms with Crippen molar-refractivity contribution in [2.24, 2.45) is 10.8 Å². The van der Waals surface area contributed by atoms with Gasteiger partial charge in [0.05, 0.1) is 18.8 Å². The molecule has 0 radical (unpaired) electrons. The molecular weight excluding hydrogens is 238 g/mol. The molecule has 104 valence electrons. The second-order valence-electron chi connectivity index (χ2n) is 6.36. The summed E-state index contributed by atoms with van der Waals surface area (Å²) in [7, 11) is 0. The molecular formula is C16H23NO2. The second kappa shape index (κ2) is 4.76. The maximum Gasteiger partial charge on any atom is 0.226 e. The Labute approximate surface area is 115 Å². The number of ether oxygens (including phenoxy) is 1. The summed E-state index contributed by atoms with van der Waals surface area (Å²) < 4.78 is 6.24. The Hall–Kier alpha value is -1.14. The largest absolute Gasteiger partial charge is 0.373 e. The highest BCUT2D eigenvalue weighted by molar-refractivity contribution is 6.02. The van der Waals surface area contributed by atoms with Crippen LogP contribution >= 0.6 is 0 Å². The molecule has 2 rings (SSSR count). The number of carbonyl (C=O) groups is 1. The molecule has 0 aromatic heterocycles. The highest BCUT2D eigenvalue weighted by Gasteiger charge is 2.55. The Morgan fingerprint density at radius 1 is 1.47 bits per heavy atom. The van der Waals surface area contributed by atoms with Gasteiger partial charge in [-0.05, 0) is 25.7 Å². The monoisotopic (exact) mass is 261 g/mol. The first-order valence-electron chi connectivity index (χ1n) is 7.22. The quantitative estimate of drug-likeness (QED) is 0.709. The van der Waals surface area contributed by atoms with Gasteiger partial charge in [-0.25, -0.2) is 4.85 Å². The second-order valence-corrected chi connectivity index (χ2v) is 6.36. The molecule has 2 aliphatic rings. The van der Waals surface area contributed by atoms with Crippen LogP contribution in [0.1, 0.15) is 53.4 Å². The smallest absolute Gasteiger partial charge is 0.226 e. The van der Waals surface area contributed by atoms with Gasteiger partial charge in [-0.1, -0.05) is 33.8 Å². The summed E-state index contributed by atoms with van der Waals surface area (Å²) in [6, 6.07) is 0. The van der Waals surface area contributed by atoms with E-state index in [1.165, 1.54) is 0 Å². The van der Waals surface area contributed by atoms with E-state index in [4.69, 9.17) is 11.3 Å². The van der Waals surface area contributed by atoms with Crippen molar-refractivity contribution in [3.63, 3.8) is 0 Å². The van der Waals surface area contributed by atoms with Crippen molar-refractivity contribution in [1.82, 2.24) is 0 Å². The third-order valence-electron chi connectivity index (χ3n) is 4.91. The first kappa shape index (κ1) is 14.3. The molecule has 1 fully saturated rings. The molecule has 0 bridgehead atoms. The van der Waals surface area contributed by atoms with E-state index < -0.39 is 5.41 Å². The maximum atomic E-state index is 12.4. The number of nitrogens with zero attached hydrogens (tertiary/aromatic N) is 1. The van der Waals surface area contributed by atoms with E-state index in [0.29, 0.717) is 5.70 Å². The van der Waals surface area contributed by atoms with Gasteiger partial charge in [-0.2, -0.15) is 0 Å². The Morgan fingerprint density at radius 2 is 2.16 bits per heavy atom. The third-order valence-corrected chi connectivity index (χ3v) is 4.91. The molecule has 1 aliphatic heterocycles. The fourth-order valence-corrected chi connectivity index (χ4v) is 3.63. The summed E-state index contributed by atoms with van der Waals surface area (Å²) in [5.41, 5.74) is -0.428.